The molecule has 0 saturated carbocycles. The number of carbonyl (C=O) groups is 2. The molecule has 0 aliphatic carbocycles. The summed E-state index contributed by atoms with van der Waals surface area (Å²) in [5.41, 5.74) is 9.54. The number of halogens is 1. The molecule has 1 aromatic carbocycles. The Kier molecular flexibility index (Phi) is 4.12. The van der Waals surface area contributed by atoms with Gasteiger partial charge in [-0.25, -0.2) is 4.79 Å². The zero-order chi connectivity index (χ0) is 14.0. The van der Waals surface area contributed by atoms with Crippen molar-refractivity contribution in [3.63, 3.8) is 0 Å². The van der Waals surface area contributed by atoms with Gasteiger partial charge in [-0.05, 0) is 12.1 Å². The minimum Gasteiger partial charge on any atom is -0.478 e. The fourth-order valence-corrected chi connectivity index (χ4v) is 1.61. The topological polar surface area (TPSA) is 147 Å². The molecule has 0 heterocycles. The van der Waals surface area contributed by atoms with E-state index in [2.05, 4.69) is 0 Å². The first kappa shape index (κ1) is 14.2. The van der Waals surface area contributed by atoms with Gasteiger partial charge in [0.05, 0.1) is 11.3 Å². The highest BCUT2D eigenvalue weighted by Gasteiger charge is 2.27. The van der Waals surface area contributed by atoms with Crippen LogP contribution in [0, 0.1) is 0 Å². The Morgan fingerprint density at radius 1 is 1.28 bits per heavy atom. The largest absolute Gasteiger partial charge is 0.478 e. The molecular weight excluding hydrogens is 264 g/mol. The van der Waals surface area contributed by atoms with Crippen LogP contribution in [0.1, 0.15) is 22.0 Å². The first-order chi connectivity index (χ1) is 8.25. The Labute approximate surface area is 107 Å². The van der Waals surface area contributed by atoms with E-state index in [-0.39, 0.29) is 21.8 Å². The summed E-state index contributed by atoms with van der Waals surface area (Å²) in [5, 5.41) is 27.9. The van der Waals surface area contributed by atoms with Gasteiger partial charge in [-0.3, -0.25) is 4.79 Å². The summed E-state index contributed by atoms with van der Waals surface area (Å²) >= 11 is 5.67. The van der Waals surface area contributed by atoms with Gasteiger partial charge in [0.25, 0.3) is 0 Å². The zero-order valence-corrected chi connectivity index (χ0v) is 9.76. The van der Waals surface area contributed by atoms with Crippen LogP contribution in [0.4, 0.5) is 5.69 Å². The molecule has 0 aromatic heterocycles. The number of carbonyl (C=O) groups excluding carboxylic acids is 1. The average molecular weight is 275 g/mol. The third-order valence-corrected chi connectivity index (χ3v) is 2.53. The van der Waals surface area contributed by atoms with E-state index in [1.165, 1.54) is 0 Å². The smallest absolute Gasteiger partial charge is 0.337 e. The molecule has 0 saturated heterocycles. The van der Waals surface area contributed by atoms with Crippen LogP contribution in [0.25, 0.3) is 0 Å². The van der Waals surface area contributed by atoms with Gasteiger partial charge in [0.15, 0.2) is 6.10 Å². The molecular formula is C10H11ClN2O5. The number of anilines is 1. The average Bonchev–Trinajstić information content (AvgIpc) is 2.29. The molecule has 0 fully saturated rings. The maximum Gasteiger partial charge on any atom is 0.337 e. The quantitative estimate of drug-likeness (QED) is 0.468. The third kappa shape index (κ3) is 2.70. The minimum absolute atomic E-state index is 0.00711. The fourth-order valence-electron chi connectivity index (χ4n) is 1.39. The Morgan fingerprint density at radius 3 is 2.28 bits per heavy atom. The Morgan fingerprint density at radius 2 is 1.83 bits per heavy atom. The van der Waals surface area contributed by atoms with Crippen molar-refractivity contribution in [2.45, 2.75) is 12.2 Å². The van der Waals surface area contributed by atoms with Gasteiger partial charge in [0.2, 0.25) is 5.91 Å². The first-order valence-corrected chi connectivity index (χ1v) is 5.11. The molecule has 0 aliphatic heterocycles. The van der Waals surface area contributed by atoms with Crippen molar-refractivity contribution in [1.82, 2.24) is 0 Å². The number of nitrogen functional groups attached to an aromatic ring is 1. The lowest BCUT2D eigenvalue weighted by molar-refractivity contribution is -0.131. The fraction of sp³-hybridized carbons (Fsp3) is 0.200. The Bertz CT molecular complexity index is 505. The van der Waals surface area contributed by atoms with Crippen molar-refractivity contribution in [2.24, 2.45) is 5.73 Å². The number of nitrogens with two attached hydrogens (primary N) is 2. The highest BCUT2D eigenvalue weighted by molar-refractivity contribution is 6.31. The van der Waals surface area contributed by atoms with Gasteiger partial charge in [0.1, 0.15) is 6.10 Å². The van der Waals surface area contributed by atoms with Gasteiger partial charge in [0, 0.05) is 10.6 Å². The summed E-state index contributed by atoms with van der Waals surface area (Å²) in [4.78, 5) is 21.6. The molecule has 18 heavy (non-hydrogen) atoms. The summed E-state index contributed by atoms with van der Waals surface area (Å²) in [6.45, 7) is 0. The molecule has 1 amide bonds. The predicted octanol–water partition coefficient (Wildman–Crippen LogP) is -0.500. The number of rotatable bonds is 4. The van der Waals surface area contributed by atoms with Crippen LogP contribution in [-0.2, 0) is 4.79 Å². The van der Waals surface area contributed by atoms with Crippen LogP contribution in [-0.4, -0.2) is 33.3 Å². The molecule has 2 atom stereocenters. The molecule has 1 rings (SSSR count). The van der Waals surface area contributed by atoms with E-state index in [0.717, 1.165) is 12.1 Å². The number of primary amides is 1. The summed E-state index contributed by atoms with van der Waals surface area (Å²) in [6, 6.07) is 2.24. The number of aromatic carboxylic acids is 1. The maximum absolute atomic E-state index is 10.9. The van der Waals surface area contributed by atoms with Crippen LogP contribution < -0.4 is 11.5 Å². The number of aliphatic hydroxyl groups excluding tert-OH is 2. The van der Waals surface area contributed by atoms with E-state index in [0.29, 0.717) is 0 Å². The van der Waals surface area contributed by atoms with Crippen LogP contribution in [0.3, 0.4) is 0 Å². The molecule has 0 spiro atoms. The van der Waals surface area contributed by atoms with E-state index in [9.17, 15) is 19.8 Å². The molecule has 7 N–H and O–H groups in total. The molecule has 0 aliphatic rings. The second-order valence-corrected chi connectivity index (χ2v) is 3.99. The van der Waals surface area contributed by atoms with E-state index < -0.39 is 24.1 Å². The van der Waals surface area contributed by atoms with Crippen molar-refractivity contribution in [1.29, 1.82) is 0 Å². The summed E-state index contributed by atoms with van der Waals surface area (Å²) in [7, 11) is 0. The minimum atomic E-state index is -1.91. The molecule has 98 valence electrons. The number of amides is 1. The lowest BCUT2D eigenvalue weighted by atomic mass is 9.99. The van der Waals surface area contributed by atoms with Crippen LogP contribution in [0.5, 0.6) is 0 Å². The van der Waals surface area contributed by atoms with Gasteiger partial charge in [-0.15, -0.1) is 0 Å². The maximum atomic E-state index is 10.9. The number of hydrogen-bond acceptors (Lipinski definition) is 5. The summed E-state index contributed by atoms with van der Waals surface area (Å²) in [5.74, 6) is -2.52. The second-order valence-electron chi connectivity index (χ2n) is 3.55. The highest BCUT2D eigenvalue weighted by atomic mass is 35.5. The van der Waals surface area contributed by atoms with Crippen molar-refractivity contribution in [2.75, 3.05) is 5.73 Å². The van der Waals surface area contributed by atoms with Crippen molar-refractivity contribution in [3.05, 3.63) is 28.3 Å². The number of hydrogen-bond donors (Lipinski definition) is 5. The molecule has 7 nitrogen and oxygen atoms in total. The van der Waals surface area contributed by atoms with Crippen molar-refractivity contribution < 1.29 is 24.9 Å². The third-order valence-electron chi connectivity index (χ3n) is 2.32. The number of aliphatic hydroxyl groups is 2. The molecule has 2 unspecified atom stereocenters. The normalized spacial score (nSPS) is 13.9. The van der Waals surface area contributed by atoms with E-state index in [1.807, 2.05) is 0 Å². The number of carboxylic acids is 1. The number of carboxylic acid groups (broad SMARTS) is 1. The Balaban J connectivity index is 3.32. The Hall–Kier alpha value is -1.83. The van der Waals surface area contributed by atoms with E-state index in [4.69, 9.17) is 28.2 Å². The van der Waals surface area contributed by atoms with Gasteiger partial charge >= 0.3 is 5.97 Å². The monoisotopic (exact) mass is 274 g/mol. The van der Waals surface area contributed by atoms with Gasteiger partial charge < -0.3 is 26.8 Å². The second kappa shape index (κ2) is 5.21. The van der Waals surface area contributed by atoms with Gasteiger partial charge in [-0.1, -0.05) is 11.6 Å². The standard InChI is InChI=1S/C10H11ClN2O5/c11-3-1-4(7(14)8(15)9(13)16)6(12)5(2-3)10(17)18/h1-2,7-8,14-15H,12H2,(H2,13,16)(H,17,18). The van der Waals surface area contributed by atoms with Crippen molar-refractivity contribution in [3.8, 4) is 0 Å². The number of benzene rings is 1. The van der Waals surface area contributed by atoms with Gasteiger partial charge in [-0.2, -0.15) is 0 Å². The van der Waals surface area contributed by atoms with E-state index >= 15 is 0 Å². The zero-order valence-electron chi connectivity index (χ0n) is 9.00. The summed E-state index contributed by atoms with van der Waals surface area (Å²) in [6.07, 6.45) is -3.66. The highest BCUT2D eigenvalue weighted by Crippen LogP contribution is 2.30. The van der Waals surface area contributed by atoms with E-state index in [1.54, 1.807) is 0 Å². The lowest BCUT2D eigenvalue weighted by Crippen LogP contribution is -2.34. The van der Waals surface area contributed by atoms with Crippen LogP contribution in [0.2, 0.25) is 5.02 Å². The van der Waals surface area contributed by atoms with Crippen LogP contribution in [0.15, 0.2) is 12.1 Å². The molecule has 1 aromatic rings. The molecule has 0 radical (unpaired) electrons. The predicted molar refractivity (Wildman–Crippen MR) is 63.0 cm³/mol. The first-order valence-electron chi connectivity index (χ1n) is 4.73. The lowest BCUT2D eigenvalue weighted by Gasteiger charge is -2.18. The SMILES string of the molecule is NC(=O)C(O)C(O)c1cc(Cl)cc(C(=O)O)c1N. The molecule has 8 heteroatoms. The van der Waals surface area contributed by atoms with Crippen LogP contribution >= 0.6 is 11.6 Å². The summed E-state index contributed by atoms with van der Waals surface area (Å²) < 4.78 is 0. The molecule has 0 bridgehead atoms. The van der Waals surface area contributed by atoms with Crippen molar-refractivity contribution >= 4 is 29.2 Å².